The average Bonchev–Trinajstić information content (AvgIpc) is 2.62. The van der Waals surface area contributed by atoms with Gasteiger partial charge in [0.05, 0.1) is 36.5 Å². The lowest BCUT2D eigenvalue weighted by molar-refractivity contribution is 0.0605. The van der Waals surface area contributed by atoms with Gasteiger partial charge in [-0.05, 0) is 37.1 Å². The zero-order valence-electron chi connectivity index (χ0n) is 14.8. The minimum Gasteiger partial charge on any atom is -0.378 e. The Hall–Kier alpha value is -1.08. The second-order valence-corrected chi connectivity index (χ2v) is 8.74. The number of fused-ring (bicyclic) bond motifs is 7. The zero-order valence-corrected chi connectivity index (χ0v) is 16.4. The molecule has 3 heterocycles. The van der Waals surface area contributed by atoms with Crippen molar-refractivity contribution in [3.8, 4) is 0 Å². The lowest BCUT2D eigenvalue weighted by Crippen LogP contribution is -2.24. The number of nitrogens with zero attached hydrogens (tertiary/aromatic N) is 2. The maximum absolute atomic E-state index is 5.64. The molecule has 1 fully saturated rings. The molecule has 6 heteroatoms. The highest BCUT2D eigenvalue weighted by molar-refractivity contribution is 7.99. The molecule has 0 aromatic carbocycles. The highest BCUT2D eigenvalue weighted by Crippen LogP contribution is 2.48. The van der Waals surface area contributed by atoms with E-state index in [2.05, 4.69) is 36.4 Å². The quantitative estimate of drug-likeness (QED) is 0.668. The Kier molecular flexibility index (Phi) is 6.49. The van der Waals surface area contributed by atoms with Crippen LogP contribution in [0.4, 0.5) is 0 Å². The summed E-state index contributed by atoms with van der Waals surface area (Å²) >= 11 is 3.53. The van der Waals surface area contributed by atoms with Crippen LogP contribution in [0.25, 0.3) is 0 Å². The van der Waals surface area contributed by atoms with Crippen LogP contribution in [0.5, 0.6) is 0 Å². The van der Waals surface area contributed by atoms with Crippen molar-refractivity contribution in [3.63, 3.8) is 0 Å². The molecule has 2 aliphatic rings. The molecule has 4 rings (SSSR count). The van der Waals surface area contributed by atoms with Crippen molar-refractivity contribution in [2.45, 2.75) is 34.7 Å². The summed E-state index contributed by atoms with van der Waals surface area (Å²) in [6, 6.07) is 12.8. The van der Waals surface area contributed by atoms with Crippen LogP contribution >= 0.6 is 23.5 Å². The number of hydrogen-bond acceptors (Lipinski definition) is 6. The molecule has 0 amide bonds. The summed E-state index contributed by atoms with van der Waals surface area (Å²) in [7, 11) is 0. The van der Waals surface area contributed by atoms with Crippen molar-refractivity contribution >= 4 is 23.5 Å². The van der Waals surface area contributed by atoms with Crippen molar-refractivity contribution in [2.24, 2.45) is 0 Å². The summed E-state index contributed by atoms with van der Waals surface area (Å²) in [6.45, 7) is 2.76. The van der Waals surface area contributed by atoms with Gasteiger partial charge in [-0.15, -0.1) is 23.5 Å². The predicted octanol–water partition coefficient (Wildman–Crippen LogP) is 4.37. The Morgan fingerprint density at radius 3 is 1.65 bits per heavy atom. The third-order valence-corrected chi connectivity index (χ3v) is 6.64. The van der Waals surface area contributed by atoms with Gasteiger partial charge in [0.15, 0.2) is 0 Å². The van der Waals surface area contributed by atoms with Crippen molar-refractivity contribution in [3.05, 3.63) is 47.8 Å². The van der Waals surface area contributed by atoms with Crippen LogP contribution < -0.4 is 0 Å². The van der Waals surface area contributed by atoms with E-state index in [1.165, 1.54) is 24.2 Å². The topological polar surface area (TPSA) is 44.2 Å². The molecule has 26 heavy (non-hydrogen) atoms. The normalized spacial score (nSPS) is 24.6. The first-order chi connectivity index (χ1) is 12.9. The molecule has 0 N–H and O–H groups in total. The van der Waals surface area contributed by atoms with E-state index in [-0.39, 0.29) is 0 Å². The van der Waals surface area contributed by atoms with E-state index < -0.39 is 0 Å². The van der Waals surface area contributed by atoms with Gasteiger partial charge >= 0.3 is 0 Å². The molecule has 1 aliphatic heterocycles. The maximum Gasteiger partial charge on any atom is 0.0964 e. The van der Waals surface area contributed by atoms with Gasteiger partial charge in [0, 0.05) is 34.7 Å². The van der Waals surface area contributed by atoms with E-state index in [4.69, 9.17) is 19.4 Å². The largest absolute Gasteiger partial charge is 0.378 e. The Morgan fingerprint density at radius 1 is 0.692 bits per heavy atom. The minimum absolute atomic E-state index is 0.488. The molecule has 0 saturated heterocycles. The Labute approximate surface area is 163 Å². The average molecular weight is 389 g/mol. The monoisotopic (exact) mass is 388 g/mol. The number of hydrogen-bond donors (Lipinski definition) is 0. The van der Waals surface area contributed by atoms with Gasteiger partial charge in [0.25, 0.3) is 0 Å². The van der Waals surface area contributed by atoms with E-state index in [1.54, 1.807) is 23.5 Å². The molecule has 2 aromatic rings. The van der Waals surface area contributed by atoms with Crippen LogP contribution in [0.3, 0.4) is 0 Å². The molecular weight excluding hydrogens is 364 g/mol. The van der Waals surface area contributed by atoms with Crippen LogP contribution in [0, 0.1) is 0 Å². The SMILES string of the molecule is c1cc2nc(c1)[C@H]1CC[C@H]1c1cccc(n1)SCCOCCOCCS2. The van der Waals surface area contributed by atoms with Gasteiger partial charge in [-0.25, -0.2) is 9.97 Å². The lowest BCUT2D eigenvalue weighted by Gasteiger charge is -2.36. The first kappa shape index (κ1) is 18.3. The second-order valence-electron chi connectivity index (χ2n) is 6.51. The summed E-state index contributed by atoms with van der Waals surface area (Å²) in [5.41, 5.74) is 2.42. The molecule has 4 nitrogen and oxygen atoms in total. The maximum atomic E-state index is 5.64. The van der Waals surface area contributed by atoms with E-state index in [0.29, 0.717) is 25.0 Å². The zero-order chi connectivity index (χ0) is 17.6. The lowest BCUT2D eigenvalue weighted by atomic mass is 9.70. The summed E-state index contributed by atoms with van der Waals surface area (Å²) in [6.07, 6.45) is 2.39. The molecule has 4 bridgehead atoms. The van der Waals surface area contributed by atoms with Gasteiger partial charge in [0.2, 0.25) is 0 Å². The smallest absolute Gasteiger partial charge is 0.0964 e. The number of aromatic nitrogens is 2. The molecule has 0 radical (unpaired) electrons. The molecular formula is C20H24N2O2S2. The summed E-state index contributed by atoms with van der Waals surface area (Å²) in [5, 5.41) is 2.18. The van der Waals surface area contributed by atoms with E-state index in [9.17, 15) is 0 Å². The number of rotatable bonds is 0. The third-order valence-electron chi connectivity index (χ3n) is 4.85. The van der Waals surface area contributed by atoms with Gasteiger partial charge < -0.3 is 9.47 Å². The Balaban J connectivity index is 1.54. The first-order valence-corrected chi connectivity index (χ1v) is 11.2. The van der Waals surface area contributed by atoms with Crippen LogP contribution in [-0.2, 0) is 9.47 Å². The van der Waals surface area contributed by atoms with Gasteiger partial charge in [-0.1, -0.05) is 12.1 Å². The fourth-order valence-electron chi connectivity index (χ4n) is 3.38. The standard InChI is InChI=1S/C20H24N2O2S2/c1-3-17-15-7-8-16(15)18-4-2-6-20(22-18)26-14-12-24-10-9-23-11-13-25-19(5-1)21-17/h1-6,15-16H,7-14H2/t15-,16+. The number of pyridine rings is 2. The van der Waals surface area contributed by atoms with Crippen molar-refractivity contribution in [1.82, 2.24) is 9.97 Å². The highest BCUT2D eigenvalue weighted by Gasteiger charge is 2.35. The van der Waals surface area contributed by atoms with E-state index >= 15 is 0 Å². The van der Waals surface area contributed by atoms with Crippen LogP contribution in [0.1, 0.15) is 36.1 Å². The van der Waals surface area contributed by atoms with Crippen molar-refractivity contribution in [2.75, 3.05) is 37.9 Å². The summed E-state index contributed by atoms with van der Waals surface area (Å²) < 4.78 is 11.3. The van der Waals surface area contributed by atoms with Crippen molar-refractivity contribution in [1.29, 1.82) is 0 Å². The van der Waals surface area contributed by atoms with Crippen LogP contribution in [-0.4, -0.2) is 47.9 Å². The molecule has 0 spiro atoms. The van der Waals surface area contributed by atoms with Crippen LogP contribution in [0.15, 0.2) is 46.5 Å². The third kappa shape index (κ3) is 4.60. The Bertz CT molecular complexity index is 667. The minimum atomic E-state index is 0.488. The van der Waals surface area contributed by atoms with E-state index in [0.717, 1.165) is 34.8 Å². The molecule has 2 atom stereocenters. The molecule has 1 aliphatic carbocycles. The molecule has 2 aromatic heterocycles. The fraction of sp³-hybridized carbons (Fsp3) is 0.500. The summed E-state index contributed by atoms with van der Waals surface area (Å²) in [5.74, 6) is 2.82. The predicted molar refractivity (Wildman–Crippen MR) is 106 cm³/mol. The molecule has 0 unspecified atom stereocenters. The van der Waals surface area contributed by atoms with Crippen LogP contribution in [0.2, 0.25) is 0 Å². The summed E-state index contributed by atoms with van der Waals surface area (Å²) in [4.78, 5) is 9.82. The van der Waals surface area contributed by atoms with Gasteiger partial charge in [0.1, 0.15) is 0 Å². The van der Waals surface area contributed by atoms with Gasteiger partial charge in [-0.3, -0.25) is 0 Å². The molecule has 1 saturated carbocycles. The second kappa shape index (κ2) is 9.22. The van der Waals surface area contributed by atoms with Crippen molar-refractivity contribution < 1.29 is 9.47 Å². The van der Waals surface area contributed by atoms with Gasteiger partial charge in [-0.2, -0.15) is 0 Å². The molecule has 138 valence electrons. The fourth-order valence-corrected chi connectivity index (χ4v) is 4.89. The highest BCUT2D eigenvalue weighted by atomic mass is 32.2. The Morgan fingerprint density at radius 2 is 1.19 bits per heavy atom. The van der Waals surface area contributed by atoms with E-state index in [1.807, 2.05) is 0 Å². The first-order valence-electron chi connectivity index (χ1n) is 9.25. The number of ether oxygens (including phenoxy) is 2. The number of thioether (sulfide) groups is 2.